The van der Waals surface area contributed by atoms with Crippen molar-refractivity contribution in [1.29, 1.82) is 0 Å². The monoisotopic (exact) mass is 345 g/mol. The molecule has 2 aromatic rings. The molecule has 0 radical (unpaired) electrons. The van der Waals surface area contributed by atoms with Gasteiger partial charge in [-0.15, -0.1) is 0 Å². The highest BCUT2D eigenvalue weighted by Gasteiger charge is 2.35. The van der Waals surface area contributed by atoms with E-state index in [0.717, 1.165) is 24.2 Å². The number of morpholine rings is 1. The Hall–Kier alpha value is -2.28. The molecule has 1 saturated carbocycles. The number of carbonyl (C=O) groups is 1. The van der Waals surface area contributed by atoms with Crippen LogP contribution in [0.1, 0.15) is 49.1 Å². The van der Waals surface area contributed by atoms with Crippen LogP contribution in [-0.2, 0) is 16.0 Å². The number of carbonyl (C=O) groups excluding carboxylic acids is 1. The van der Waals surface area contributed by atoms with Gasteiger partial charge in [-0.05, 0) is 37.5 Å². The summed E-state index contributed by atoms with van der Waals surface area (Å²) in [5.74, 6) is 1.26. The highest BCUT2D eigenvalue weighted by atomic mass is 19.1. The van der Waals surface area contributed by atoms with Crippen LogP contribution in [-0.4, -0.2) is 40.1 Å². The van der Waals surface area contributed by atoms with Crippen molar-refractivity contribution in [3.63, 3.8) is 0 Å². The number of rotatable bonds is 4. The standard InChI is InChI=1S/C18H20FN3O3/c1-11-9-22(16(23)8-12-2-6-14(19)7-3-12)10-15(24-11)18-20-17(21-25-18)13-4-5-13/h2-3,6-7,11,13,15H,4-5,8-10H2,1H3/t11-,15-/m1/s1. The summed E-state index contributed by atoms with van der Waals surface area (Å²) in [4.78, 5) is 18.8. The van der Waals surface area contributed by atoms with Gasteiger partial charge in [-0.25, -0.2) is 4.39 Å². The third-order valence-electron chi connectivity index (χ3n) is 4.56. The van der Waals surface area contributed by atoms with Gasteiger partial charge in [0.05, 0.1) is 19.1 Å². The van der Waals surface area contributed by atoms with Gasteiger partial charge in [0.1, 0.15) is 5.82 Å². The fourth-order valence-corrected chi connectivity index (χ4v) is 3.07. The fraction of sp³-hybridized carbons (Fsp3) is 0.500. The molecule has 132 valence electrons. The quantitative estimate of drug-likeness (QED) is 0.852. The average Bonchev–Trinajstić information content (AvgIpc) is 3.33. The van der Waals surface area contributed by atoms with Gasteiger partial charge in [-0.1, -0.05) is 17.3 Å². The predicted octanol–water partition coefficient (Wildman–Crippen LogP) is 2.62. The zero-order valence-corrected chi connectivity index (χ0v) is 14.0. The Morgan fingerprint density at radius 3 is 2.76 bits per heavy atom. The van der Waals surface area contributed by atoms with Crippen molar-refractivity contribution >= 4 is 5.91 Å². The van der Waals surface area contributed by atoms with Crippen LogP contribution in [0.3, 0.4) is 0 Å². The molecule has 1 amide bonds. The van der Waals surface area contributed by atoms with Gasteiger partial charge in [0.25, 0.3) is 5.89 Å². The maximum atomic E-state index is 13.0. The number of amides is 1. The fourth-order valence-electron chi connectivity index (χ4n) is 3.07. The third-order valence-corrected chi connectivity index (χ3v) is 4.56. The lowest BCUT2D eigenvalue weighted by molar-refractivity contribution is -0.146. The Morgan fingerprint density at radius 2 is 2.04 bits per heavy atom. The number of hydrogen-bond donors (Lipinski definition) is 0. The van der Waals surface area contributed by atoms with Gasteiger partial charge < -0.3 is 14.2 Å². The second-order valence-electron chi connectivity index (χ2n) is 6.80. The molecule has 0 spiro atoms. The first-order chi connectivity index (χ1) is 12.1. The van der Waals surface area contributed by atoms with Crippen molar-refractivity contribution in [3.05, 3.63) is 47.4 Å². The second-order valence-corrected chi connectivity index (χ2v) is 6.80. The van der Waals surface area contributed by atoms with Crippen LogP contribution in [0.4, 0.5) is 4.39 Å². The van der Waals surface area contributed by atoms with Crippen LogP contribution >= 0.6 is 0 Å². The van der Waals surface area contributed by atoms with Gasteiger partial charge in [0, 0.05) is 12.5 Å². The van der Waals surface area contributed by atoms with E-state index in [4.69, 9.17) is 9.26 Å². The van der Waals surface area contributed by atoms with Gasteiger partial charge >= 0.3 is 0 Å². The molecule has 0 unspecified atom stereocenters. The highest BCUT2D eigenvalue weighted by Crippen LogP contribution is 2.39. The number of aromatic nitrogens is 2. The van der Waals surface area contributed by atoms with E-state index in [1.807, 2.05) is 6.92 Å². The third kappa shape index (κ3) is 3.71. The second kappa shape index (κ2) is 6.55. The summed E-state index contributed by atoms with van der Waals surface area (Å²) in [5, 5.41) is 4.02. The Kier molecular flexibility index (Phi) is 4.25. The zero-order chi connectivity index (χ0) is 17.4. The van der Waals surface area contributed by atoms with E-state index in [1.54, 1.807) is 17.0 Å². The van der Waals surface area contributed by atoms with E-state index in [9.17, 15) is 9.18 Å². The molecule has 0 bridgehead atoms. The van der Waals surface area contributed by atoms with E-state index < -0.39 is 6.10 Å². The molecule has 2 heterocycles. The van der Waals surface area contributed by atoms with E-state index in [-0.39, 0.29) is 24.2 Å². The molecule has 2 aliphatic rings. The van der Waals surface area contributed by atoms with Crippen LogP contribution in [0, 0.1) is 5.82 Å². The summed E-state index contributed by atoms with van der Waals surface area (Å²) in [6, 6.07) is 6.00. The van der Waals surface area contributed by atoms with Crippen LogP contribution in [0.25, 0.3) is 0 Å². The summed E-state index contributed by atoms with van der Waals surface area (Å²) < 4.78 is 24.2. The Morgan fingerprint density at radius 1 is 1.28 bits per heavy atom. The lowest BCUT2D eigenvalue weighted by Gasteiger charge is -2.35. The number of hydrogen-bond acceptors (Lipinski definition) is 5. The molecule has 25 heavy (non-hydrogen) atoms. The van der Waals surface area contributed by atoms with Crippen LogP contribution in [0.5, 0.6) is 0 Å². The normalized spacial score (nSPS) is 23.7. The van der Waals surface area contributed by atoms with Crippen molar-refractivity contribution in [3.8, 4) is 0 Å². The van der Waals surface area contributed by atoms with E-state index in [0.29, 0.717) is 24.9 Å². The van der Waals surface area contributed by atoms with Gasteiger partial charge in [-0.3, -0.25) is 4.79 Å². The molecule has 0 N–H and O–H groups in total. The van der Waals surface area contributed by atoms with Crippen molar-refractivity contribution in [1.82, 2.24) is 15.0 Å². The van der Waals surface area contributed by atoms with Gasteiger partial charge in [0.15, 0.2) is 11.9 Å². The molecular weight excluding hydrogens is 325 g/mol. The molecule has 1 aromatic heterocycles. The minimum Gasteiger partial charge on any atom is -0.362 e. The summed E-state index contributed by atoms with van der Waals surface area (Å²) >= 11 is 0. The Bertz CT molecular complexity index is 757. The first kappa shape index (κ1) is 16.2. The molecule has 1 aromatic carbocycles. The lowest BCUT2D eigenvalue weighted by Crippen LogP contribution is -2.46. The van der Waals surface area contributed by atoms with Gasteiger partial charge in [-0.2, -0.15) is 4.98 Å². The highest BCUT2D eigenvalue weighted by molar-refractivity contribution is 5.79. The van der Waals surface area contributed by atoms with Crippen LogP contribution < -0.4 is 0 Å². The molecule has 1 saturated heterocycles. The summed E-state index contributed by atoms with van der Waals surface area (Å²) in [6.07, 6.45) is 1.91. The zero-order valence-electron chi connectivity index (χ0n) is 14.0. The van der Waals surface area contributed by atoms with Crippen molar-refractivity contribution in [2.24, 2.45) is 0 Å². The van der Waals surface area contributed by atoms with Gasteiger partial charge in [0.2, 0.25) is 5.91 Å². The maximum absolute atomic E-state index is 13.0. The lowest BCUT2D eigenvalue weighted by atomic mass is 10.1. The minimum atomic E-state index is -0.402. The van der Waals surface area contributed by atoms with Crippen LogP contribution in [0.15, 0.2) is 28.8 Å². The Labute approximate surface area is 145 Å². The summed E-state index contributed by atoms with van der Waals surface area (Å²) in [7, 11) is 0. The molecule has 2 fully saturated rings. The van der Waals surface area contributed by atoms with Crippen LogP contribution in [0.2, 0.25) is 0 Å². The van der Waals surface area contributed by atoms with Crippen molar-refractivity contribution in [2.75, 3.05) is 13.1 Å². The molecule has 1 aliphatic heterocycles. The minimum absolute atomic E-state index is 0.0197. The van der Waals surface area contributed by atoms with Crippen molar-refractivity contribution in [2.45, 2.75) is 44.3 Å². The summed E-state index contributed by atoms with van der Waals surface area (Å²) in [5.41, 5.74) is 0.788. The largest absolute Gasteiger partial charge is 0.362 e. The van der Waals surface area contributed by atoms with Crippen molar-refractivity contribution < 1.29 is 18.4 Å². The smallest absolute Gasteiger partial charge is 0.257 e. The number of ether oxygens (including phenoxy) is 1. The number of benzene rings is 1. The van der Waals surface area contributed by atoms with E-state index in [2.05, 4.69) is 10.1 Å². The molecule has 4 rings (SSSR count). The molecule has 7 heteroatoms. The first-order valence-corrected chi connectivity index (χ1v) is 8.59. The Balaban J connectivity index is 1.43. The maximum Gasteiger partial charge on any atom is 0.257 e. The topological polar surface area (TPSA) is 68.5 Å². The molecule has 2 atom stereocenters. The number of nitrogens with zero attached hydrogens (tertiary/aromatic N) is 3. The SMILES string of the molecule is C[C@@H]1CN(C(=O)Cc2ccc(F)cc2)C[C@H](c2nc(C3CC3)no2)O1. The molecular formula is C18H20FN3O3. The molecule has 1 aliphatic carbocycles. The first-order valence-electron chi connectivity index (χ1n) is 8.59. The molecule has 6 nitrogen and oxygen atoms in total. The predicted molar refractivity (Wildman–Crippen MR) is 86.2 cm³/mol. The van der Waals surface area contributed by atoms with E-state index in [1.165, 1.54) is 12.1 Å². The summed E-state index contributed by atoms with van der Waals surface area (Å²) in [6.45, 7) is 2.82. The van der Waals surface area contributed by atoms with E-state index >= 15 is 0 Å². The average molecular weight is 345 g/mol. The number of halogens is 1.